The first-order chi connectivity index (χ1) is 9.22. The summed E-state index contributed by atoms with van der Waals surface area (Å²) < 4.78 is 13.9. The zero-order valence-corrected chi connectivity index (χ0v) is 11.5. The molecule has 4 heteroatoms. The van der Waals surface area contributed by atoms with Gasteiger partial charge in [0.1, 0.15) is 5.82 Å². The van der Waals surface area contributed by atoms with Crippen molar-refractivity contribution in [3.8, 4) is 0 Å². The number of hydrogen-bond acceptors (Lipinski definition) is 3. The van der Waals surface area contributed by atoms with Crippen LogP contribution in [0.5, 0.6) is 0 Å². The number of hydrogen-bond donors (Lipinski definition) is 1. The Bertz CT molecular complexity index is 549. The first-order valence-electron chi connectivity index (χ1n) is 6.51. The van der Waals surface area contributed by atoms with Crippen molar-refractivity contribution in [1.82, 2.24) is 4.90 Å². The molecule has 0 saturated heterocycles. The maximum atomic E-state index is 13.9. The van der Waals surface area contributed by atoms with Gasteiger partial charge in [-0.2, -0.15) is 11.3 Å². The van der Waals surface area contributed by atoms with Crippen LogP contribution >= 0.6 is 11.3 Å². The SMILES string of the molecule is Nc1ccc(CN(Cc2ccsc2)C2CC2)c(F)c1. The summed E-state index contributed by atoms with van der Waals surface area (Å²) in [4.78, 5) is 2.36. The summed E-state index contributed by atoms with van der Waals surface area (Å²) in [7, 11) is 0. The number of nitrogen functional groups attached to an aromatic ring is 1. The summed E-state index contributed by atoms with van der Waals surface area (Å²) >= 11 is 1.71. The fourth-order valence-electron chi connectivity index (χ4n) is 2.28. The van der Waals surface area contributed by atoms with Gasteiger partial charge in [0.05, 0.1) is 0 Å². The van der Waals surface area contributed by atoms with Gasteiger partial charge in [0.15, 0.2) is 0 Å². The molecule has 1 aliphatic rings. The van der Waals surface area contributed by atoms with E-state index in [2.05, 4.69) is 21.7 Å². The van der Waals surface area contributed by atoms with Crippen molar-refractivity contribution in [2.24, 2.45) is 0 Å². The monoisotopic (exact) mass is 276 g/mol. The van der Waals surface area contributed by atoms with Crippen LogP contribution in [-0.2, 0) is 13.1 Å². The normalized spacial score (nSPS) is 15.1. The first-order valence-corrected chi connectivity index (χ1v) is 7.45. The van der Waals surface area contributed by atoms with Gasteiger partial charge in [0.2, 0.25) is 0 Å². The van der Waals surface area contributed by atoms with Gasteiger partial charge >= 0.3 is 0 Å². The van der Waals surface area contributed by atoms with E-state index in [9.17, 15) is 4.39 Å². The molecular weight excluding hydrogens is 259 g/mol. The molecule has 2 N–H and O–H groups in total. The lowest BCUT2D eigenvalue weighted by Gasteiger charge is -2.22. The zero-order valence-electron chi connectivity index (χ0n) is 10.7. The van der Waals surface area contributed by atoms with Crippen LogP contribution in [0.25, 0.3) is 0 Å². The molecule has 0 spiro atoms. The van der Waals surface area contributed by atoms with E-state index in [0.29, 0.717) is 18.3 Å². The average Bonchev–Trinajstić information content (AvgIpc) is 3.10. The van der Waals surface area contributed by atoms with Gasteiger partial charge in [0, 0.05) is 30.4 Å². The highest BCUT2D eigenvalue weighted by Crippen LogP contribution is 2.30. The minimum atomic E-state index is -0.198. The number of anilines is 1. The number of rotatable bonds is 5. The van der Waals surface area contributed by atoms with Gasteiger partial charge in [0.25, 0.3) is 0 Å². The standard InChI is InChI=1S/C15H17FN2S/c16-15-7-13(17)2-1-12(15)9-18(14-3-4-14)8-11-5-6-19-10-11/h1-2,5-7,10,14H,3-4,8-9,17H2. The van der Waals surface area contributed by atoms with Crippen LogP contribution < -0.4 is 5.73 Å². The molecule has 0 unspecified atom stereocenters. The van der Waals surface area contributed by atoms with Crippen LogP contribution in [0.2, 0.25) is 0 Å². The van der Waals surface area contributed by atoms with Crippen molar-refractivity contribution in [1.29, 1.82) is 0 Å². The van der Waals surface area contributed by atoms with Crippen molar-refractivity contribution in [2.75, 3.05) is 5.73 Å². The summed E-state index contributed by atoms with van der Waals surface area (Å²) in [5.41, 5.74) is 8.12. The maximum absolute atomic E-state index is 13.9. The molecule has 0 aliphatic heterocycles. The van der Waals surface area contributed by atoms with E-state index in [-0.39, 0.29) is 5.82 Å². The summed E-state index contributed by atoms with van der Waals surface area (Å²) in [6.07, 6.45) is 2.45. The number of halogens is 1. The largest absolute Gasteiger partial charge is 0.399 e. The van der Waals surface area contributed by atoms with Gasteiger partial charge in [-0.05, 0) is 47.4 Å². The van der Waals surface area contributed by atoms with Crippen molar-refractivity contribution < 1.29 is 4.39 Å². The second-order valence-corrected chi connectivity index (χ2v) is 5.90. The third kappa shape index (κ3) is 3.14. The third-order valence-corrected chi connectivity index (χ3v) is 4.21. The highest BCUT2D eigenvalue weighted by molar-refractivity contribution is 7.07. The molecule has 2 nitrogen and oxygen atoms in total. The number of benzene rings is 1. The van der Waals surface area contributed by atoms with Crippen LogP contribution in [0.3, 0.4) is 0 Å². The molecule has 0 amide bonds. The smallest absolute Gasteiger partial charge is 0.129 e. The molecule has 1 aromatic carbocycles. The van der Waals surface area contributed by atoms with Gasteiger partial charge in [-0.1, -0.05) is 6.07 Å². The number of nitrogens with zero attached hydrogens (tertiary/aromatic N) is 1. The summed E-state index contributed by atoms with van der Waals surface area (Å²) in [5, 5.41) is 4.25. The van der Waals surface area contributed by atoms with E-state index in [1.807, 2.05) is 0 Å². The molecule has 0 radical (unpaired) electrons. The molecule has 1 saturated carbocycles. The second kappa shape index (κ2) is 5.31. The first kappa shape index (κ1) is 12.6. The molecule has 2 aromatic rings. The molecule has 0 bridgehead atoms. The summed E-state index contributed by atoms with van der Waals surface area (Å²) in [5.74, 6) is -0.198. The molecule has 1 aromatic heterocycles. The Labute approximate surface area is 116 Å². The Morgan fingerprint density at radius 3 is 2.74 bits per heavy atom. The Kier molecular flexibility index (Phi) is 3.53. The molecule has 19 heavy (non-hydrogen) atoms. The van der Waals surface area contributed by atoms with Crippen molar-refractivity contribution in [3.05, 3.63) is 52.0 Å². The van der Waals surface area contributed by atoms with E-state index in [4.69, 9.17) is 5.73 Å². The van der Waals surface area contributed by atoms with Crippen LogP contribution in [0, 0.1) is 5.82 Å². The highest BCUT2D eigenvalue weighted by atomic mass is 32.1. The summed E-state index contributed by atoms with van der Waals surface area (Å²) in [6, 6.07) is 7.73. The second-order valence-electron chi connectivity index (χ2n) is 5.12. The van der Waals surface area contributed by atoms with Gasteiger partial charge in [-0.15, -0.1) is 0 Å². The van der Waals surface area contributed by atoms with Crippen molar-refractivity contribution >= 4 is 17.0 Å². The average molecular weight is 276 g/mol. The predicted molar refractivity (Wildman–Crippen MR) is 77.4 cm³/mol. The Hall–Kier alpha value is -1.39. The highest BCUT2D eigenvalue weighted by Gasteiger charge is 2.29. The van der Waals surface area contributed by atoms with Gasteiger partial charge in [-0.25, -0.2) is 4.39 Å². The molecule has 3 rings (SSSR count). The van der Waals surface area contributed by atoms with E-state index in [1.54, 1.807) is 23.5 Å². The number of nitrogens with two attached hydrogens (primary N) is 1. The van der Waals surface area contributed by atoms with E-state index >= 15 is 0 Å². The maximum Gasteiger partial charge on any atom is 0.129 e. The van der Waals surface area contributed by atoms with Crippen molar-refractivity contribution in [2.45, 2.75) is 32.0 Å². The Morgan fingerprint density at radius 1 is 1.26 bits per heavy atom. The molecule has 1 fully saturated rings. The Morgan fingerprint density at radius 2 is 2.11 bits per heavy atom. The molecule has 0 atom stereocenters. The fraction of sp³-hybridized carbons (Fsp3) is 0.333. The molecule has 1 aliphatic carbocycles. The van der Waals surface area contributed by atoms with Gasteiger partial charge in [-0.3, -0.25) is 4.90 Å². The van der Waals surface area contributed by atoms with Crippen LogP contribution in [0.4, 0.5) is 10.1 Å². The van der Waals surface area contributed by atoms with Crippen LogP contribution in [0.15, 0.2) is 35.0 Å². The third-order valence-electron chi connectivity index (χ3n) is 3.48. The predicted octanol–water partition coefficient (Wildman–Crippen LogP) is 3.63. The molecule has 1 heterocycles. The van der Waals surface area contributed by atoms with Crippen LogP contribution in [0.1, 0.15) is 24.0 Å². The van der Waals surface area contributed by atoms with Gasteiger partial charge < -0.3 is 5.73 Å². The van der Waals surface area contributed by atoms with E-state index < -0.39 is 0 Å². The van der Waals surface area contributed by atoms with Crippen LogP contribution in [-0.4, -0.2) is 10.9 Å². The minimum Gasteiger partial charge on any atom is -0.399 e. The lowest BCUT2D eigenvalue weighted by molar-refractivity contribution is 0.242. The van der Waals surface area contributed by atoms with E-state index in [0.717, 1.165) is 12.1 Å². The topological polar surface area (TPSA) is 29.3 Å². The molecule has 100 valence electrons. The van der Waals surface area contributed by atoms with Crippen molar-refractivity contribution in [3.63, 3.8) is 0 Å². The lowest BCUT2D eigenvalue weighted by atomic mass is 10.1. The quantitative estimate of drug-likeness (QED) is 0.845. The zero-order chi connectivity index (χ0) is 13.2. The minimum absolute atomic E-state index is 0.198. The fourth-order valence-corrected chi connectivity index (χ4v) is 2.94. The lowest BCUT2D eigenvalue weighted by Crippen LogP contribution is -2.25. The summed E-state index contributed by atoms with van der Waals surface area (Å²) in [6.45, 7) is 1.56. The number of thiophene rings is 1. The van der Waals surface area contributed by atoms with E-state index in [1.165, 1.54) is 24.5 Å². The molecular formula is C15H17FN2S. The Balaban J connectivity index is 1.74.